The minimum atomic E-state index is -0.709. The van der Waals surface area contributed by atoms with E-state index in [1.807, 2.05) is 0 Å². The van der Waals surface area contributed by atoms with Gasteiger partial charge in [-0.2, -0.15) is 9.78 Å². The van der Waals surface area contributed by atoms with E-state index in [-0.39, 0.29) is 11.5 Å². The zero-order valence-electron chi connectivity index (χ0n) is 16.1. The number of hydrogen-bond acceptors (Lipinski definition) is 5. The molecule has 1 aliphatic heterocycles. The summed E-state index contributed by atoms with van der Waals surface area (Å²) in [6.07, 6.45) is 4.34. The summed E-state index contributed by atoms with van der Waals surface area (Å²) in [6.45, 7) is 5.02. The number of nitrogens with one attached hydrogen (secondary N) is 2. The van der Waals surface area contributed by atoms with Crippen molar-refractivity contribution in [1.82, 2.24) is 24.6 Å². The number of nitrogens with zero attached hydrogens (tertiary/aromatic N) is 4. The Bertz CT molecular complexity index is 992. The number of piperidine rings is 1. The van der Waals surface area contributed by atoms with E-state index in [1.165, 1.54) is 4.68 Å². The van der Waals surface area contributed by atoms with Gasteiger partial charge in [0.25, 0.3) is 5.56 Å². The molecule has 2 aromatic heterocycles. The number of fused-ring (bicyclic) bond motifs is 1. The van der Waals surface area contributed by atoms with Gasteiger partial charge in [-0.25, -0.2) is 4.98 Å². The van der Waals surface area contributed by atoms with Crippen LogP contribution in [0, 0.1) is 12.8 Å². The third-order valence-electron chi connectivity index (χ3n) is 5.34. The summed E-state index contributed by atoms with van der Waals surface area (Å²) >= 11 is 0. The molecule has 0 saturated carbocycles. The number of H-pyrrole nitrogens is 1. The van der Waals surface area contributed by atoms with Crippen LogP contribution >= 0.6 is 0 Å². The van der Waals surface area contributed by atoms with Crippen molar-refractivity contribution in [3.05, 3.63) is 33.4 Å². The van der Waals surface area contributed by atoms with Crippen molar-refractivity contribution in [3.63, 3.8) is 0 Å². The van der Waals surface area contributed by atoms with Gasteiger partial charge in [0.05, 0.1) is 11.4 Å². The highest BCUT2D eigenvalue weighted by molar-refractivity contribution is 6.39. The van der Waals surface area contributed by atoms with Crippen molar-refractivity contribution in [3.8, 4) is 5.95 Å². The van der Waals surface area contributed by atoms with Crippen molar-refractivity contribution < 1.29 is 9.59 Å². The fraction of sp³-hybridized carbons (Fsp3) is 0.526. The molecule has 2 amide bonds. The second kappa shape index (κ2) is 7.21. The molecule has 1 unspecified atom stereocenters. The summed E-state index contributed by atoms with van der Waals surface area (Å²) in [7, 11) is 0. The van der Waals surface area contributed by atoms with E-state index in [1.54, 1.807) is 17.9 Å². The van der Waals surface area contributed by atoms with Crippen molar-refractivity contribution in [2.45, 2.75) is 46.0 Å². The van der Waals surface area contributed by atoms with Gasteiger partial charge < -0.3 is 10.2 Å². The van der Waals surface area contributed by atoms with Crippen LogP contribution in [-0.4, -0.2) is 49.6 Å². The van der Waals surface area contributed by atoms with Crippen molar-refractivity contribution in [1.29, 1.82) is 0 Å². The van der Waals surface area contributed by atoms with Crippen molar-refractivity contribution in [2.75, 3.05) is 18.4 Å². The fourth-order valence-electron chi connectivity index (χ4n) is 3.97. The highest BCUT2D eigenvalue weighted by Gasteiger charge is 2.27. The first-order valence-electron chi connectivity index (χ1n) is 9.71. The quantitative estimate of drug-likeness (QED) is 0.749. The van der Waals surface area contributed by atoms with Gasteiger partial charge in [0.1, 0.15) is 5.82 Å². The molecule has 4 rings (SSSR count). The highest BCUT2D eigenvalue weighted by atomic mass is 16.2. The standard InChI is InChI=1S/C19H24N6O3/c1-11-5-4-8-24(10-11)18(28)17(27)21-15-9-12(2)23-25(15)19-20-14-7-3-6-13(14)16(26)22-19/h9,11H,3-8,10H2,1-2H3,(H,21,27)(H,20,22,26). The Kier molecular flexibility index (Phi) is 4.74. The maximum absolute atomic E-state index is 12.5. The Hall–Kier alpha value is -2.97. The second-order valence-corrected chi connectivity index (χ2v) is 7.70. The van der Waals surface area contributed by atoms with E-state index in [0.29, 0.717) is 36.1 Å². The lowest BCUT2D eigenvalue weighted by Crippen LogP contribution is -2.44. The van der Waals surface area contributed by atoms with Crippen LogP contribution in [-0.2, 0) is 22.4 Å². The van der Waals surface area contributed by atoms with Crippen LogP contribution in [0.4, 0.5) is 5.82 Å². The lowest BCUT2D eigenvalue weighted by molar-refractivity contribution is -0.144. The molecule has 0 radical (unpaired) electrons. The maximum atomic E-state index is 12.5. The van der Waals surface area contributed by atoms with Crippen LogP contribution < -0.4 is 10.9 Å². The monoisotopic (exact) mass is 384 g/mol. The highest BCUT2D eigenvalue weighted by Crippen LogP contribution is 2.20. The summed E-state index contributed by atoms with van der Waals surface area (Å²) in [5.41, 5.74) is 1.94. The number of likely N-dealkylation sites (tertiary alicyclic amines) is 1. The first kappa shape index (κ1) is 18.4. The number of hydrogen-bond donors (Lipinski definition) is 2. The number of carbonyl (C=O) groups is 2. The maximum Gasteiger partial charge on any atom is 0.315 e. The summed E-state index contributed by atoms with van der Waals surface area (Å²) in [5, 5.41) is 6.97. The Morgan fingerprint density at radius 3 is 2.89 bits per heavy atom. The molecule has 9 heteroatoms. The summed E-state index contributed by atoms with van der Waals surface area (Å²) in [4.78, 5) is 46.2. The predicted molar refractivity (Wildman–Crippen MR) is 102 cm³/mol. The zero-order chi connectivity index (χ0) is 19.8. The van der Waals surface area contributed by atoms with Gasteiger partial charge in [-0.05, 0) is 44.9 Å². The Morgan fingerprint density at radius 2 is 2.11 bits per heavy atom. The fourth-order valence-corrected chi connectivity index (χ4v) is 3.97. The average Bonchev–Trinajstić information content (AvgIpc) is 3.27. The molecule has 3 heterocycles. The van der Waals surface area contributed by atoms with Crippen LogP contribution in [0.3, 0.4) is 0 Å². The lowest BCUT2D eigenvalue weighted by Gasteiger charge is -2.30. The molecule has 2 aromatic rings. The molecular formula is C19H24N6O3. The van der Waals surface area contributed by atoms with Crippen LogP contribution in [0.2, 0.25) is 0 Å². The van der Waals surface area contributed by atoms with Crippen LogP contribution in [0.1, 0.15) is 43.1 Å². The number of amides is 2. The lowest BCUT2D eigenvalue weighted by atomic mass is 10.0. The van der Waals surface area contributed by atoms with Crippen LogP contribution in [0.15, 0.2) is 10.9 Å². The van der Waals surface area contributed by atoms with E-state index >= 15 is 0 Å². The third-order valence-corrected chi connectivity index (χ3v) is 5.34. The normalized spacial score (nSPS) is 18.8. The summed E-state index contributed by atoms with van der Waals surface area (Å²) < 4.78 is 1.37. The molecule has 148 valence electrons. The van der Waals surface area contributed by atoms with Gasteiger partial charge in [-0.1, -0.05) is 6.92 Å². The average molecular weight is 384 g/mol. The molecule has 0 bridgehead atoms. The van der Waals surface area contributed by atoms with Gasteiger partial charge in [0.15, 0.2) is 0 Å². The smallest absolute Gasteiger partial charge is 0.315 e. The van der Waals surface area contributed by atoms with Gasteiger partial charge in [-0.3, -0.25) is 19.4 Å². The Labute approximate surface area is 162 Å². The minimum absolute atomic E-state index is 0.179. The number of aryl methyl sites for hydroxylation is 2. The number of rotatable bonds is 2. The molecule has 2 N–H and O–H groups in total. The molecule has 2 aliphatic rings. The van der Waals surface area contributed by atoms with E-state index in [0.717, 1.165) is 37.8 Å². The van der Waals surface area contributed by atoms with E-state index < -0.39 is 11.8 Å². The number of aromatic nitrogens is 4. The molecule has 0 aromatic carbocycles. The first-order valence-corrected chi connectivity index (χ1v) is 9.71. The number of aromatic amines is 1. The van der Waals surface area contributed by atoms with Crippen LogP contribution in [0.25, 0.3) is 5.95 Å². The SMILES string of the molecule is Cc1cc(NC(=O)C(=O)N2CCCC(C)C2)n(-c2nc3c(c(=O)[nH]2)CCC3)n1. The number of anilines is 1. The van der Waals surface area contributed by atoms with Gasteiger partial charge in [0.2, 0.25) is 5.95 Å². The van der Waals surface area contributed by atoms with Gasteiger partial charge in [-0.15, -0.1) is 0 Å². The van der Waals surface area contributed by atoms with Gasteiger partial charge in [0, 0.05) is 24.7 Å². The van der Waals surface area contributed by atoms with Crippen LogP contribution in [0.5, 0.6) is 0 Å². The van der Waals surface area contributed by atoms with Gasteiger partial charge >= 0.3 is 11.8 Å². The molecule has 28 heavy (non-hydrogen) atoms. The Morgan fingerprint density at radius 1 is 1.29 bits per heavy atom. The minimum Gasteiger partial charge on any atom is -0.334 e. The van der Waals surface area contributed by atoms with Crippen molar-refractivity contribution >= 4 is 17.6 Å². The van der Waals surface area contributed by atoms with E-state index in [2.05, 4.69) is 27.3 Å². The molecular weight excluding hydrogens is 360 g/mol. The molecule has 1 fully saturated rings. The largest absolute Gasteiger partial charge is 0.334 e. The molecule has 1 saturated heterocycles. The summed E-state index contributed by atoms with van der Waals surface area (Å²) in [5.74, 6) is -0.319. The topological polar surface area (TPSA) is 113 Å². The predicted octanol–water partition coefficient (Wildman–Crippen LogP) is 0.950. The Balaban J connectivity index is 1.58. The molecule has 1 atom stereocenters. The van der Waals surface area contributed by atoms with E-state index in [4.69, 9.17) is 0 Å². The molecule has 1 aliphatic carbocycles. The third kappa shape index (κ3) is 3.44. The van der Waals surface area contributed by atoms with Crippen molar-refractivity contribution in [2.24, 2.45) is 5.92 Å². The first-order chi connectivity index (χ1) is 13.4. The second-order valence-electron chi connectivity index (χ2n) is 7.70. The zero-order valence-corrected chi connectivity index (χ0v) is 16.1. The summed E-state index contributed by atoms with van der Waals surface area (Å²) in [6, 6.07) is 1.65. The molecule has 9 nitrogen and oxygen atoms in total. The van der Waals surface area contributed by atoms with E-state index in [9.17, 15) is 14.4 Å². The number of carbonyl (C=O) groups excluding carboxylic acids is 2. The molecule has 0 spiro atoms.